The minimum absolute atomic E-state index is 0.124. The third-order valence-corrected chi connectivity index (χ3v) is 19.9. The van der Waals surface area contributed by atoms with Crippen LogP contribution in [0.5, 0.6) is 0 Å². The van der Waals surface area contributed by atoms with Crippen LogP contribution in [0, 0.1) is 20.8 Å². The molecule has 7 heteroatoms. The first-order valence-corrected chi connectivity index (χ1v) is 27.7. The number of carbonyl (C=O) groups excluding carboxylic acids is 1. The number of amides is 1. The first kappa shape index (κ1) is 48.9. The van der Waals surface area contributed by atoms with E-state index < -0.39 is 7.26 Å². The molecule has 6 aromatic rings. The van der Waals surface area contributed by atoms with Gasteiger partial charge in [0.05, 0.1) is 17.5 Å². The van der Waals surface area contributed by atoms with Gasteiger partial charge in [-0.15, -0.1) is 0 Å². The van der Waals surface area contributed by atoms with Gasteiger partial charge in [0.1, 0.15) is 23.2 Å². The molecule has 3 aromatic carbocycles. The van der Waals surface area contributed by atoms with Crippen LogP contribution < -0.4 is 15.9 Å². The van der Waals surface area contributed by atoms with Crippen molar-refractivity contribution >= 4 is 62.8 Å². The molecule has 354 valence electrons. The number of H-pyrrole nitrogens is 2. The van der Waals surface area contributed by atoms with Crippen LogP contribution in [0.3, 0.4) is 0 Å². The van der Waals surface area contributed by atoms with Crippen molar-refractivity contribution in [3.8, 4) is 0 Å². The molecule has 0 spiro atoms. The Morgan fingerprint density at radius 2 is 1.12 bits per heavy atom. The summed E-state index contributed by atoms with van der Waals surface area (Å²) in [6.45, 7) is 16.4. The van der Waals surface area contributed by atoms with Gasteiger partial charge in [0.15, 0.2) is 0 Å². The van der Waals surface area contributed by atoms with E-state index in [4.69, 9.17) is 9.97 Å². The van der Waals surface area contributed by atoms with E-state index in [1.54, 1.807) is 0 Å². The van der Waals surface area contributed by atoms with Crippen molar-refractivity contribution in [2.45, 2.75) is 137 Å². The Bertz CT molecular complexity index is 2780. The molecule has 0 saturated heterocycles. The molecule has 0 saturated carbocycles. The van der Waals surface area contributed by atoms with Gasteiger partial charge >= 0.3 is 0 Å². The zero-order valence-electron chi connectivity index (χ0n) is 42.2. The maximum Gasteiger partial charge on any atom is 0.222 e. The molecule has 5 heterocycles. The van der Waals surface area contributed by atoms with Crippen LogP contribution in [0.4, 0.5) is 0 Å². The largest absolute Gasteiger partial charge is 0.355 e. The lowest BCUT2D eigenvalue weighted by Crippen LogP contribution is -2.33. The highest BCUT2D eigenvalue weighted by atomic mass is 31.2. The first-order chi connectivity index (χ1) is 33.0. The van der Waals surface area contributed by atoms with Crippen molar-refractivity contribution in [3.05, 3.63) is 160 Å². The van der Waals surface area contributed by atoms with E-state index in [2.05, 4.69) is 174 Å². The van der Waals surface area contributed by atoms with Crippen LogP contribution in [0.1, 0.15) is 154 Å². The fourth-order valence-corrected chi connectivity index (χ4v) is 15.6. The molecule has 8 bridgehead atoms. The number of hydrogen-bond donors (Lipinski definition) is 2. The minimum Gasteiger partial charge on any atom is -0.355 e. The number of hydrogen-bond acceptors (Lipinski definition) is 3. The molecule has 6 nitrogen and oxygen atoms in total. The van der Waals surface area contributed by atoms with Crippen LogP contribution in [0.25, 0.3) is 33.7 Å². The molecular weight excluding hydrogens is 850 g/mol. The molecular formula is C61H75N5OP+. The van der Waals surface area contributed by atoms with E-state index in [9.17, 15) is 4.79 Å². The van der Waals surface area contributed by atoms with Gasteiger partial charge in [-0.1, -0.05) is 107 Å². The quantitative estimate of drug-likeness (QED) is 0.0627. The predicted molar refractivity (Wildman–Crippen MR) is 292 cm³/mol. The number of allylic oxidation sites excluding steroid dienone is 1. The molecule has 2 N–H and O–H groups in total. The van der Waals surface area contributed by atoms with Crippen LogP contribution in [0.15, 0.2) is 109 Å². The summed E-state index contributed by atoms with van der Waals surface area (Å²) in [5, 5.41) is 4.43. The number of unbranched alkanes of at least 4 members (excludes halogenated alkanes) is 7. The van der Waals surface area contributed by atoms with E-state index in [1.807, 2.05) is 11.9 Å². The van der Waals surface area contributed by atoms with E-state index >= 15 is 0 Å². The number of nitrogens with zero attached hydrogens (tertiary/aromatic N) is 3. The predicted octanol–water partition coefficient (Wildman–Crippen LogP) is 14.2. The zero-order chi connectivity index (χ0) is 47.8. The summed E-state index contributed by atoms with van der Waals surface area (Å²) in [6.07, 6.45) is 16.3. The van der Waals surface area contributed by atoms with Crippen LogP contribution in [0.2, 0.25) is 0 Å². The highest BCUT2D eigenvalue weighted by molar-refractivity contribution is 7.95. The summed E-state index contributed by atoms with van der Waals surface area (Å²) in [6, 6.07) is 40.6. The number of aromatic amines is 2. The van der Waals surface area contributed by atoms with Crippen molar-refractivity contribution < 1.29 is 4.79 Å². The highest BCUT2D eigenvalue weighted by Crippen LogP contribution is 2.56. The standard InChI is InChI=1S/C61H75N5OP/c1-9-50-44(5)56-41-59-51(10-2)43(4)55(63-59)40-57-45(6)52(61(65-57)46(7)54-38-42(3)53(62-54)39-58(50)64-56)34-35-60(67)66(8)36-26-15-13-11-12-14-16-27-37-68(47-28-20-17-21-29-47,48-30-22-18-23-31-48)49-32-24-19-25-33-49/h17-25,28-33,38-41,45,52,63-64H,9-16,26-27,34-37H2,1-8H3/q+1/t45-,52-/m0/s1. The normalized spacial score (nSPS) is 14.9. The second-order valence-corrected chi connectivity index (χ2v) is 23.2. The molecule has 3 aromatic heterocycles. The summed E-state index contributed by atoms with van der Waals surface area (Å²) in [5.41, 5.74) is 16.1. The highest BCUT2D eigenvalue weighted by Gasteiger charge is 2.44. The summed E-state index contributed by atoms with van der Waals surface area (Å²) in [4.78, 5) is 34.0. The van der Waals surface area contributed by atoms with Gasteiger partial charge in [-0.2, -0.15) is 0 Å². The van der Waals surface area contributed by atoms with E-state index in [1.165, 1.54) is 82.9 Å². The smallest absolute Gasteiger partial charge is 0.222 e. The number of fused-ring (bicyclic) bond motifs is 8. The number of aryl methyl sites for hydroxylation is 4. The van der Waals surface area contributed by atoms with Crippen molar-refractivity contribution in [1.82, 2.24) is 24.8 Å². The van der Waals surface area contributed by atoms with Gasteiger partial charge < -0.3 is 14.9 Å². The van der Waals surface area contributed by atoms with Crippen LogP contribution in [-0.2, 0) is 17.6 Å². The first-order valence-electron chi connectivity index (χ1n) is 25.7. The molecule has 68 heavy (non-hydrogen) atoms. The summed E-state index contributed by atoms with van der Waals surface area (Å²) >= 11 is 0. The number of carbonyl (C=O) groups is 1. The van der Waals surface area contributed by atoms with Crippen molar-refractivity contribution in [2.24, 2.45) is 0 Å². The fourth-order valence-electron chi connectivity index (χ4n) is 11.1. The monoisotopic (exact) mass is 925 g/mol. The molecule has 0 fully saturated rings. The average Bonchev–Trinajstić information content (AvgIpc) is 4.07. The topological polar surface area (TPSA) is 77.7 Å². The fraction of sp³-hybridized carbons (Fsp3) is 0.393. The van der Waals surface area contributed by atoms with E-state index in [-0.39, 0.29) is 17.7 Å². The number of nitrogens with one attached hydrogen (secondary N) is 2. The lowest BCUT2D eigenvalue weighted by atomic mass is 9.85. The maximum atomic E-state index is 13.8. The van der Waals surface area contributed by atoms with Gasteiger partial charge in [0.25, 0.3) is 0 Å². The second kappa shape index (κ2) is 22.2. The Hall–Kier alpha value is -5.58. The number of rotatable bonds is 19. The minimum atomic E-state index is -1.76. The van der Waals surface area contributed by atoms with Crippen molar-refractivity contribution in [3.63, 3.8) is 0 Å². The number of benzene rings is 3. The summed E-state index contributed by atoms with van der Waals surface area (Å²) < 4.78 is 0. The summed E-state index contributed by atoms with van der Waals surface area (Å²) in [7, 11) is 0.239. The molecule has 0 aliphatic carbocycles. The molecule has 0 radical (unpaired) electrons. The molecule has 2 aliphatic heterocycles. The lowest BCUT2D eigenvalue weighted by Gasteiger charge is -2.27. The van der Waals surface area contributed by atoms with Gasteiger partial charge in [0.2, 0.25) is 5.91 Å². The van der Waals surface area contributed by atoms with E-state index in [0.717, 1.165) is 94.6 Å². The molecule has 1 amide bonds. The molecule has 2 atom stereocenters. The Morgan fingerprint density at radius 3 is 1.66 bits per heavy atom. The van der Waals surface area contributed by atoms with Gasteiger partial charge in [0, 0.05) is 65.3 Å². The van der Waals surface area contributed by atoms with Crippen molar-refractivity contribution in [1.29, 1.82) is 0 Å². The molecule has 8 rings (SSSR count). The zero-order valence-corrected chi connectivity index (χ0v) is 43.1. The Kier molecular flexibility index (Phi) is 16.0. The Balaban J connectivity index is 0.874. The van der Waals surface area contributed by atoms with Crippen LogP contribution in [-0.4, -0.2) is 50.5 Å². The van der Waals surface area contributed by atoms with E-state index in [0.29, 0.717) is 6.42 Å². The Labute approximate surface area is 407 Å². The third kappa shape index (κ3) is 10.4. The second-order valence-electron chi connectivity index (χ2n) is 19.6. The number of aromatic nitrogens is 4. The van der Waals surface area contributed by atoms with Crippen LogP contribution >= 0.6 is 7.26 Å². The average molecular weight is 925 g/mol. The van der Waals surface area contributed by atoms with Crippen molar-refractivity contribution in [2.75, 3.05) is 19.8 Å². The van der Waals surface area contributed by atoms with Gasteiger partial charge in [-0.05, 0) is 160 Å². The summed E-state index contributed by atoms with van der Waals surface area (Å²) in [5.74, 6) is 0.514. The third-order valence-electron chi connectivity index (χ3n) is 15.3. The molecule has 2 aliphatic rings. The lowest BCUT2D eigenvalue weighted by molar-refractivity contribution is -0.130. The SMILES string of the molecule is CCc1c(C)c2cc3[nH]c(cc4nc(c(C)c5nc(cc1[nH]2)C(C)=C5)[C@@H](CCC(=O)N(C)CCCCCCCCCC[P+](c1ccccc1)(c1ccccc1)c1ccccc1)[C@@H]4C)c(C)c3CC. The van der Waals surface area contributed by atoms with Gasteiger partial charge in [-0.3, -0.25) is 9.78 Å². The van der Waals surface area contributed by atoms with Gasteiger partial charge in [-0.25, -0.2) is 4.98 Å². The maximum absolute atomic E-state index is 13.8. The Morgan fingerprint density at radius 1 is 0.618 bits per heavy atom. The molecule has 0 unspecified atom stereocenters.